The van der Waals surface area contributed by atoms with Gasteiger partial charge in [0.25, 0.3) is 5.91 Å². The number of fused-ring (bicyclic) bond motifs is 1. The van der Waals surface area contributed by atoms with E-state index in [4.69, 9.17) is 4.74 Å². The molecule has 2 atom stereocenters. The van der Waals surface area contributed by atoms with Gasteiger partial charge >= 0.3 is 0 Å². The fourth-order valence-electron chi connectivity index (χ4n) is 4.15. The molecule has 0 radical (unpaired) electrons. The minimum atomic E-state index is 0.142. The normalized spacial score (nSPS) is 23.1. The molecule has 0 unspecified atom stereocenters. The van der Waals surface area contributed by atoms with Gasteiger partial charge in [0.1, 0.15) is 12.4 Å². The van der Waals surface area contributed by atoms with Crippen LogP contribution in [0.2, 0.25) is 0 Å². The molecule has 4 rings (SSSR count). The molecule has 1 saturated carbocycles. The first kappa shape index (κ1) is 16.6. The Bertz CT molecular complexity index is 716. The lowest BCUT2D eigenvalue weighted by Gasteiger charge is -2.41. The van der Waals surface area contributed by atoms with Gasteiger partial charge in [0, 0.05) is 24.0 Å². The van der Waals surface area contributed by atoms with Crippen molar-refractivity contribution in [2.24, 2.45) is 11.8 Å². The minimum absolute atomic E-state index is 0.142. The molecular formula is C20H24N2O2S. The molecule has 1 amide bonds. The minimum Gasteiger partial charge on any atom is -0.487 e. The molecule has 0 N–H and O–H groups in total. The highest BCUT2D eigenvalue weighted by molar-refractivity contribution is 7.07. The SMILES string of the molecule is O=C(c1cccc(OCc2cscn2)c1)N1CC[C@H]2CCCC[C@@H]2C1. The average Bonchev–Trinajstić information content (AvgIpc) is 3.19. The highest BCUT2D eigenvalue weighted by Crippen LogP contribution is 2.36. The van der Waals surface area contributed by atoms with Gasteiger partial charge in [-0.05, 0) is 42.9 Å². The topological polar surface area (TPSA) is 42.4 Å². The molecule has 0 bridgehead atoms. The Morgan fingerprint density at radius 3 is 2.96 bits per heavy atom. The summed E-state index contributed by atoms with van der Waals surface area (Å²) in [5.41, 5.74) is 3.44. The molecule has 1 aliphatic carbocycles. The first-order valence-electron chi connectivity index (χ1n) is 9.19. The Kier molecular flexibility index (Phi) is 5.02. The second-order valence-corrected chi connectivity index (χ2v) is 7.86. The lowest BCUT2D eigenvalue weighted by Crippen LogP contribution is -2.44. The van der Waals surface area contributed by atoms with Crippen LogP contribution in [0.1, 0.15) is 48.2 Å². The Hall–Kier alpha value is -1.88. The molecule has 132 valence electrons. The van der Waals surface area contributed by atoms with Gasteiger partial charge in [-0.15, -0.1) is 11.3 Å². The van der Waals surface area contributed by atoms with E-state index in [9.17, 15) is 4.79 Å². The molecule has 1 aromatic carbocycles. The third kappa shape index (κ3) is 3.87. The van der Waals surface area contributed by atoms with E-state index in [1.165, 1.54) is 25.7 Å². The summed E-state index contributed by atoms with van der Waals surface area (Å²) in [4.78, 5) is 19.2. The van der Waals surface area contributed by atoms with E-state index >= 15 is 0 Å². The van der Waals surface area contributed by atoms with Gasteiger partial charge in [0.2, 0.25) is 0 Å². The van der Waals surface area contributed by atoms with E-state index < -0.39 is 0 Å². The number of aromatic nitrogens is 1. The summed E-state index contributed by atoms with van der Waals surface area (Å²) in [5, 5.41) is 1.98. The number of carbonyl (C=O) groups excluding carboxylic acids is 1. The quantitative estimate of drug-likeness (QED) is 0.817. The lowest BCUT2D eigenvalue weighted by atomic mass is 9.75. The number of rotatable bonds is 4. The average molecular weight is 356 g/mol. The molecule has 2 aromatic rings. The molecule has 5 heteroatoms. The molecular weight excluding hydrogens is 332 g/mol. The molecule has 25 heavy (non-hydrogen) atoms. The number of amides is 1. The van der Waals surface area contributed by atoms with Gasteiger partial charge in [-0.1, -0.05) is 25.3 Å². The highest BCUT2D eigenvalue weighted by atomic mass is 32.1. The van der Waals surface area contributed by atoms with Crippen molar-refractivity contribution >= 4 is 17.2 Å². The summed E-state index contributed by atoms with van der Waals surface area (Å²) in [6, 6.07) is 7.56. The maximum Gasteiger partial charge on any atom is 0.253 e. The van der Waals surface area contributed by atoms with Crippen molar-refractivity contribution in [3.05, 3.63) is 46.4 Å². The predicted molar refractivity (Wildman–Crippen MR) is 98.9 cm³/mol. The second-order valence-electron chi connectivity index (χ2n) is 7.14. The Balaban J connectivity index is 1.40. The van der Waals surface area contributed by atoms with Crippen molar-refractivity contribution in [1.82, 2.24) is 9.88 Å². The van der Waals surface area contributed by atoms with Crippen molar-refractivity contribution in [2.75, 3.05) is 13.1 Å². The van der Waals surface area contributed by atoms with Crippen molar-refractivity contribution in [3.63, 3.8) is 0 Å². The first-order valence-corrected chi connectivity index (χ1v) is 10.1. The predicted octanol–water partition coefficient (Wildman–Crippen LogP) is 4.37. The summed E-state index contributed by atoms with van der Waals surface area (Å²) < 4.78 is 5.79. The number of ether oxygens (including phenoxy) is 1. The van der Waals surface area contributed by atoms with Crippen LogP contribution in [0.5, 0.6) is 5.75 Å². The van der Waals surface area contributed by atoms with Crippen molar-refractivity contribution in [2.45, 2.75) is 38.7 Å². The molecule has 2 fully saturated rings. The molecule has 2 aliphatic rings. The van der Waals surface area contributed by atoms with Crippen molar-refractivity contribution < 1.29 is 9.53 Å². The van der Waals surface area contributed by atoms with Crippen LogP contribution in [0.25, 0.3) is 0 Å². The van der Waals surface area contributed by atoms with E-state index in [-0.39, 0.29) is 5.91 Å². The zero-order chi connectivity index (χ0) is 17.1. The summed E-state index contributed by atoms with van der Waals surface area (Å²) >= 11 is 1.56. The molecule has 1 aromatic heterocycles. The molecule has 2 heterocycles. The molecule has 4 nitrogen and oxygen atoms in total. The van der Waals surface area contributed by atoms with Gasteiger partial charge < -0.3 is 9.64 Å². The van der Waals surface area contributed by atoms with Crippen molar-refractivity contribution in [1.29, 1.82) is 0 Å². The van der Waals surface area contributed by atoms with E-state index in [0.717, 1.165) is 42.4 Å². The number of likely N-dealkylation sites (tertiary alicyclic amines) is 1. The number of piperidine rings is 1. The fraction of sp³-hybridized carbons (Fsp3) is 0.500. The molecule has 1 saturated heterocycles. The molecule has 1 aliphatic heterocycles. The van der Waals surface area contributed by atoms with E-state index in [0.29, 0.717) is 12.5 Å². The number of benzene rings is 1. The zero-order valence-corrected chi connectivity index (χ0v) is 15.2. The third-order valence-electron chi connectivity index (χ3n) is 5.53. The number of hydrogen-bond donors (Lipinski definition) is 0. The van der Waals surface area contributed by atoms with Gasteiger partial charge in [0.15, 0.2) is 0 Å². The summed E-state index contributed by atoms with van der Waals surface area (Å²) in [5.74, 6) is 2.41. The van der Waals surface area contributed by atoms with Crippen LogP contribution in [-0.2, 0) is 6.61 Å². The van der Waals surface area contributed by atoms with Crippen molar-refractivity contribution in [3.8, 4) is 5.75 Å². The van der Waals surface area contributed by atoms with Crippen LogP contribution in [0, 0.1) is 11.8 Å². The van der Waals surface area contributed by atoms with Crippen LogP contribution in [0.4, 0.5) is 0 Å². The second kappa shape index (κ2) is 7.56. The Morgan fingerprint density at radius 1 is 1.24 bits per heavy atom. The van der Waals surface area contributed by atoms with E-state index in [1.54, 1.807) is 16.8 Å². The number of nitrogens with zero attached hydrogens (tertiary/aromatic N) is 2. The summed E-state index contributed by atoms with van der Waals surface area (Å²) in [6.45, 7) is 2.26. The van der Waals surface area contributed by atoms with Crippen LogP contribution in [0.15, 0.2) is 35.2 Å². The first-order chi connectivity index (χ1) is 12.3. The summed E-state index contributed by atoms with van der Waals surface area (Å²) in [7, 11) is 0. The Labute approximate surface area is 152 Å². The van der Waals surface area contributed by atoms with Crippen LogP contribution < -0.4 is 4.74 Å². The van der Waals surface area contributed by atoms with Gasteiger partial charge in [-0.2, -0.15) is 0 Å². The van der Waals surface area contributed by atoms with Crippen LogP contribution in [0.3, 0.4) is 0 Å². The van der Waals surface area contributed by atoms with E-state index in [1.807, 2.05) is 34.5 Å². The maximum atomic E-state index is 12.9. The van der Waals surface area contributed by atoms with Gasteiger partial charge in [0.05, 0.1) is 11.2 Å². The standard InChI is InChI=1S/C20H24N2O2S/c23-20(22-9-8-15-4-1-2-5-17(15)11-22)16-6-3-7-19(10-16)24-12-18-13-25-14-21-18/h3,6-7,10,13-15,17H,1-2,4-5,8-9,11-12H2/t15-,17-/m1/s1. The smallest absolute Gasteiger partial charge is 0.253 e. The number of carbonyl (C=O) groups is 1. The number of hydrogen-bond acceptors (Lipinski definition) is 4. The van der Waals surface area contributed by atoms with Gasteiger partial charge in [-0.25, -0.2) is 4.98 Å². The number of thiazole rings is 1. The maximum absolute atomic E-state index is 12.9. The van der Waals surface area contributed by atoms with Crippen LogP contribution >= 0.6 is 11.3 Å². The summed E-state index contributed by atoms with van der Waals surface area (Å²) in [6.07, 6.45) is 6.49. The Morgan fingerprint density at radius 2 is 2.12 bits per heavy atom. The third-order valence-corrected chi connectivity index (χ3v) is 6.16. The lowest BCUT2D eigenvalue weighted by molar-refractivity contribution is 0.0520. The largest absolute Gasteiger partial charge is 0.487 e. The molecule has 0 spiro atoms. The van der Waals surface area contributed by atoms with Crippen LogP contribution in [-0.4, -0.2) is 28.9 Å². The van der Waals surface area contributed by atoms with E-state index in [2.05, 4.69) is 4.98 Å². The highest BCUT2D eigenvalue weighted by Gasteiger charge is 2.33. The monoisotopic (exact) mass is 356 g/mol. The fourth-order valence-corrected chi connectivity index (χ4v) is 4.70. The zero-order valence-electron chi connectivity index (χ0n) is 14.4. The van der Waals surface area contributed by atoms with Gasteiger partial charge in [-0.3, -0.25) is 4.79 Å².